The van der Waals surface area contributed by atoms with Crippen LogP contribution in [0.3, 0.4) is 0 Å². The third-order valence-electron chi connectivity index (χ3n) is 3.91. The second kappa shape index (κ2) is 8.97. The van der Waals surface area contributed by atoms with Crippen molar-refractivity contribution in [1.82, 2.24) is 0 Å². The Bertz CT molecular complexity index is 795. The lowest BCUT2D eigenvalue weighted by molar-refractivity contribution is 0.0600. The smallest absolute Gasteiger partial charge is 0.465 e. The standard InChI is InChI=1S/C21H27O3.BF4/c1-20(2,3)17-12-16(13-18(24-17)21(4,5)6)14-8-10-15(11-9-14)19(22)23-7;2-1(3,4)5/h8-13H,1-7H3;/q+1;-1. The van der Waals surface area contributed by atoms with Gasteiger partial charge in [0.25, 0.3) is 0 Å². The number of carbonyl (C=O) groups excluding carboxylic acids is 1. The molecule has 1 aromatic carbocycles. The van der Waals surface area contributed by atoms with E-state index in [0.717, 1.165) is 22.6 Å². The predicted molar refractivity (Wildman–Crippen MR) is 107 cm³/mol. The van der Waals surface area contributed by atoms with Gasteiger partial charge in [-0.1, -0.05) is 12.1 Å². The van der Waals surface area contributed by atoms with Crippen LogP contribution in [0.4, 0.5) is 17.3 Å². The quantitative estimate of drug-likeness (QED) is 0.232. The van der Waals surface area contributed by atoms with Crippen LogP contribution in [0, 0.1) is 0 Å². The highest BCUT2D eigenvalue weighted by Crippen LogP contribution is 2.34. The maximum atomic E-state index is 11.6. The van der Waals surface area contributed by atoms with Crippen LogP contribution in [-0.2, 0) is 15.6 Å². The molecule has 2 rings (SSSR count). The Hall–Kier alpha value is -2.38. The Morgan fingerprint density at radius 1 is 0.828 bits per heavy atom. The summed E-state index contributed by atoms with van der Waals surface area (Å²) in [6, 6.07) is 11.6. The zero-order valence-corrected chi connectivity index (χ0v) is 17.8. The third kappa shape index (κ3) is 8.25. The molecule has 0 aliphatic rings. The van der Waals surface area contributed by atoms with E-state index in [1.807, 2.05) is 12.1 Å². The SMILES string of the molecule is COC(=O)c1ccc(-c2cc(C(C)(C)C)[o+]c(C(C)(C)C)c2)cc1.F[B-](F)(F)F. The van der Waals surface area contributed by atoms with Crippen LogP contribution in [0.15, 0.2) is 40.8 Å². The summed E-state index contributed by atoms with van der Waals surface area (Å²) in [5, 5.41) is 0. The van der Waals surface area contributed by atoms with Crippen LogP contribution in [0.2, 0.25) is 0 Å². The average Bonchev–Trinajstić information content (AvgIpc) is 2.58. The summed E-state index contributed by atoms with van der Waals surface area (Å²) in [6.45, 7) is 12.8. The van der Waals surface area contributed by atoms with E-state index >= 15 is 0 Å². The van der Waals surface area contributed by atoms with Gasteiger partial charge < -0.3 is 22.0 Å². The number of hydrogen-bond acceptors (Lipinski definition) is 2. The number of benzene rings is 1. The van der Waals surface area contributed by atoms with E-state index in [-0.39, 0.29) is 16.8 Å². The van der Waals surface area contributed by atoms with E-state index in [1.54, 1.807) is 12.1 Å². The lowest BCUT2D eigenvalue weighted by Crippen LogP contribution is -2.16. The van der Waals surface area contributed by atoms with Gasteiger partial charge in [0.05, 0.1) is 23.5 Å². The molecule has 0 amide bonds. The van der Waals surface area contributed by atoms with Crippen molar-refractivity contribution in [1.29, 1.82) is 0 Å². The highest BCUT2D eigenvalue weighted by atomic mass is 19.5. The lowest BCUT2D eigenvalue weighted by atomic mass is 9.87. The second-order valence-electron chi connectivity index (χ2n) is 8.64. The van der Waals surface area contributed by atoms with Gasteiger partial charge in [-0.3, -0.25) is 0 Å². The number of hydrogen-bond donors (Lipinski definition) is 0. The molecule has 0 saturated heterocycles. The van der Waals surface area contributed by atoms with Crippen molar-refractivity contribution in [3.63, 3.8) is 0 Å². The molecule has 8 heteroatoms. The van der Waals surface area contributed by atoms with E-state index < -0.39 is 7.25 Å². The van der Waals surface area contributed by atoms with Crippen molar-refractivity contribution in [3.05, 3.63) is 53.5 Å². The van der Waals surface area contributed by atoms with Gasteiger partial charge in [0, 0.05) is 12.1 Å². The summed E-state index contributed by atoms with van der Waals surface area (Å²) < 4.78 is 49.9. The maximum absolute atomic E-state index is 11.6. The van der Waals surface area contributed by atoms with Crippen molar-refractivity contribution in [2.24, 2.45) is 0 Å². The number of carbonyl (C=O) groups is 1. The van der Waals surface area contributed by atoms with Gasteiger partial charge in [-0.2, -0.15) is 0 Å². The summed E-state index contributed by atoms with van der Waals surface area (Å²) in [4.78, 5) is 11.6. The maximum Gasteiger partial charge on any atom is 0.673 e. The molecule has 1 aromatic heterocycles. The molecule has 1 heterocycles. The van der Waals surface area contributed by atoms with Crippen LogP contribution in [0.5, 0.6) is 0 Å². The predicted octanol–water partition coefficient (Wildman–Crippen LogP) is 6.91. The number of halogens is 4. The molecular weight excluding hydrogens is 387 g/mol. The first-order valence-electron chi connectivity index (χ1n) is 9.07. The molecule has 0 aliphatic carbocycles. The molecule has 0 radical (unpaired) electrons. The molecule has 29 heavy (non-hydrogen) atoms. The summed E-state index contributed by atoms with van der Waals surface area (Å²) in [5.41, 5.74) is 2.53. The minimum atomic E-state index is -6.00. The van der Waals surface area contributed by atoms with Crippen molar-refractivity contribution >= 4 is 13.2 Å². The molecule has 0 spiro atoms. The summed E-state index contributed by atoms with van der Waals surface area (Å²) in [7, 11) is -4.61. The molecule has 0 bridgehead atoms. The zero-order chi connectivity index (χ0) is 22.6. The van der Waals surface area contributed by atoms with Gasteiger partial charge in [0.15, 0.2) is 0 Å². The Morgan fingerprint density at radius 2 is 1.21 bits per heavy atom. The highest BCUT2D eigenvalue weighted by molar-refractivity contribution is 6.50. The largest absolute Gasteiger partial charge is 0.673 e. The van der Waals surface area contributed by atoms with Crippen LogP contribution in [-0.4, -0.2) is 20.3 Å². The first-order chi connectivity index (χ1) is 13.0. The first-order valence-corrected chi connectivity index (χ1v) is 9.07. The number of esters is 1. The van der Waals surface area contributed by atoms with Crippen molar-refractivity contribution in [2.75, 3.05) is 7.11 Å². The zero-order valence-electron chi connectivity index (χ0n) is 17.8. The Kier molecular flexibility index (Phi) is 7.63. The van der Waals surface area contributed by atoms with E-state index in [1.165, 1.54) is 7.11 Å². The normalized spacial score (nSPS) is 12.1. The van der Waals surface area contributed by atoms with E-state index in [2.05, 4.69) is 53.7 Å². The summed E-state index contributed by atoms with van der Waals surface area (Å²) in [5.74, 6) is 1.57. The van der Waals surface area contributed by atoms with Gasteiger partial charge in [-0.25, -0.2) is 9.21 Å². The third-order valence-corrected chi connectivity index (χ3v) is 3.91. The van der Waals surface area contributed by atoms with Crippen LogP contribution in [0.1, 0.15) is 63.4 Å². The van der Waals surface area contributed by atoms with Crippen LogP contribution in [0.25, 0.3) is 11.1 Å². The van der Waals surface area contributed by atoms with Gasteiger partial charge >= 0.3 is 24.7 Å². The number of ether oxygens (including phenoxy) is 1. The first kappa shape index (κ1) is 24.7. The molecular formula is C21H27BF4O3. The van der Waals surface area contributed by atoms with Crippen LogP contribution < -0.4 is 0 Å². The number of methoxy groups -OCH3 is 1. The van der Waals surface area contributed by atoms with E-state index in [9.17, 15) is 22.1 Å². The van der Waals surface area contributed by atoms with Gasteiger partial charge in [0.1, 0.15) is 0 Å². The second-order valence-corrected chi connectivity index (χ2v) is 8.64. The summed E-state index contributed by atoms with van der Waals surface area (Å²) in [6.07, 6.45) is 0. The number of rotatable bonds is 2. The summed E-state index contributed by atoms with van der Waals surface area (Å²) >= 11 is 0. The monoisotopic (exact) mass is 414 g/mol. The molecule has 0 saturated carbocycles. The minimum absolute atomic E-state index is 0.0814. The van der Waals surface area contributed by atoms with Gasteiger partial charge in [0.2, 0.25) is 0 Å². The van der Waals surface area contributed by atoms with E-state index in [4.69, 9.17) is 9.15 Å². The molecule has 0 aliphatic heterocycles. The van der Waals surface area contributed by atoms with Crippen molar-refractivity contribution in [3.8, 4) is 11.1 Å². The van der Waals surface area contributed by atoms with Crippen molar-refractivity contribution in [2.45, 2.75) is 52.4 Å². The molecule has 2 aromatic rings. The molecule has 0 N–H and O–H groups in total. The fraction of sp³-hybridized carbons (Fsp3) is 0.429. The van der Waals surface area contributed by atoms with Gasteiger partial charge in [-0.05, 0) is 64.8 Å². The molecule has 0 unspecified atom stereocenters. The highest BCUT2D eigenvalue weighted by Gasteiger charge is 2.34. The molecule has 0 fully saturated rings. The Balaban J connectivity index is 0.000000749. The van der Waals surface area contributed by atoms with Crippen molar-refractivity contribution < 1.29 is 31.2 Å². The molecule has 160 valence electrons. The fourth-order valence-corrected chi connectivity index (χ4v) is 2.32. The lowest BCUT2D eigenvalue weighted by Gasteiger charge is -2.15. The Labute approximate surface area is 169 Å². The van der Waals surface area contributed by atoms with Crippen LogP contribution >= 0.6 is 0 Å². The molecule has 3 nitrogen and oxygen atoms in total. The molecule has 0 atom stereocenters. The minimum Gasteiger partial charge on any atom is -0.465 e. The topological polar surface area (TPSA) is 37.6 Å². The average molecular weight is 414 g/mol. The fourth-order valence-electron chi connectivity index (χ4n) is 2.32. The van der Waals surface area contributed by atoms with Gasteiger partial charge in [-0.15, -0.1) is 0 Å². The Morgan fingerprint density at radius 3 is 1.52 bits per heavy atom. The van der Waals surface area contributed by atoms with E-state index in [0.29, 0.717) is 5.56 Å².